The molecule has 0 saturated heterocycles. The summed E-state index contributed by atoms with van der Waals surface area (Å²) in [6.45, 7) is 0. The van der Waals surface area contributed by atoms with Crippen molar-refractivity contribution in [1.29, 1.82) is 0 Å². The van der Waals surface area contributed by atoms with Crippen LogP contribution >= 0.6 is 0 Å². The molecule has 92 valence electrons. The van der Waals surface area contributed by atoms with Crippen LogP contribution in [0.1, 0.15) is 5.56 Å². The van der Waals surface area contributed by atoms with Crippen LogP contribution in [0.3, 0.4) is 0 Å². The highest BCUT2D eigenvalue weighted by atomic mass is 32.2. The van der Waals surface area contributed by atoms with E-state index in [1.807, 2.05) is 0 Å². The van der Waals surface area contributed by atoms with E-state index in [0.29, 0.717) is 5.56 Å². The van der Waals surface area contributed by atoms with Crippen LogP contribution in [0.4, 0.5) is 0 Å². The molecule has 0 aliphatic carbocycles. The third-order valence-electron chi connectivity index (χ3n) is 1.93. The summed E-state index contributed by atoms with van der Waals surface area (Å²) in [4.78, 5) is 14.1. The second-order valence-electron chi connectivity index (χ2n) is 3.41. The first-order chi connectivity index (χ1) is 7.84. The number of carboxylic acid groups (broad SMARTS) is 1. The molecule has 1 heterocycles. The van der Waals surface area contributed by atoms with Crippen LogP contribution in [0.2, 0.25) is 0 Å². The SMILES string of the molecule is CN(C)S(=O)(=O)c1cncc(/C=C\C(=O)O)c1. The van der Waals surface area contributed by atoms with E-state index in [9.17, 15) is 13.2 Å². The molecule has 0 radical (unpaired) electrons. The average molecular weight is 256 g/mol. The zero-order chi connectivity index (χ0) is 13.1. The minimum absolute atomic E-state index is 0.0232. The van der Waals surface area contributed by atoms with Crippen LogP contribution in [0.15, 0.2) is 29.4 Å². The van der Waals surface area contributed by atoms with Crippen molar-refractivity contribution in [2.45, 2.75) is 4.90 Å². The lowest BCUT2D eigenvalue weighted by Crippen LogP contribution is -2.22. The number of aromatic nitrogens is 1. The Morgan fingerprint density at radius 1 is 1.41 bits per heavy atom. The molecule has 6 nitrogen and oxygen atoms in total. The zero-order valence-corrected chi connectivity index (χ0v) is 10.2. The monoisotopic (exact) mass is 256 g/mol. The fourth-order valence-corrected chi connectivity index (χ4v) is 1.95. The summed E-state index contributed by atoms with van der Waals surface area (Å²) in [6, 6.07) is 1.36. The fourth-order valence-electron chi connectivity index (χ4n) is 1.05. The lowest BCUT2D eigenvalue weighted by Gasteiger charge is -2.10. The number of carbonyl (C=O) groups is 1. The molecule has 7 heteroatoms. The summed E-state index contributed by atoms with van der Waals surface area (Å²) in [5.74, 6) is -1.11. The molecule has 0 aliphatic rings. The molecule has 1 rings (SSSR count). The summed E-state index contributed by atoms with van der Waals surface area (Å²) >= 11 is 0. The van der Waals surface area contributed by atoms with Crippen molar-refractivity contribution in [1.82, 2.24) is 9.29 Å². The number of sulfonamides is 1. The Hall–Kier alpha value is -1.73. The summed E-state index contributed by atoms with van der Waals surface area (Å²) in [6.07, 6.45) is 4.80. The minimum Gasteiger partial charge on any atom is -0.478 e. The van der Waals surface area contributed by atoms with Crippen molar-refractivity contribution in [2.75, 3.05) is 14.1 Å². The van der Waals surface area contributed by atoms with E-state index in [-0.39, 0.29) is 4.90 Å². The Bertz CT molecular complexity index is 549. The van der Waals surface area contributed by atoms with Gasteiger partial charge in [0.25, 0.3) is 0 Å². The Kier molecular flexibility index (Phi) is 3.97. The first kappa shape index (κ1) is 13.3. The number of pyridine rings is 1. The van der Waals surface area contributed by atoms with Crippen LogP contribution in [0.25, 0.3) is 6.08 Å². The number of hydrogen-bond donors (Lipinski definition) is 1. The van der Waals surface area contributed by atoms with Gasteiger partial charge in [0, 0.05) is 32.6 Å². The van der Waals surface area contributed by atoms with Gasteiger partial charge in [-0.25, -0.2) is 17.5 Å². The molecule has 1 N–H and O–H groups in total. The molecule has 0 bridgehead atoms. The normalized spacial score (nSPS) is 12.2. The van der Waals surface area contributed by atoms with Gasteiger partial charge in [0.2, 0.25) is 10.0 Å². The van der Waals surface area contributed by atoms with Crippen molar-refractivity contribution in [2.24, 2.45) is 0 Å². The first-order valence-electron chi connectivity index (χ1n) is 4.62. The zero-order valence-electron chi connectivity index (χ0n) is 9.36. The standard InChI is InChI=1S/C10H12N2O4S/c1-12(2)17(15,16)9-5-8(6-11-7-9)3-4-10(13)14/h3-7H,1-2H3,(H,13,14)/b4-3-. The molecule has 0 fully saturated rings. The molecule has 0 atom stereocenters. The van der Waals surface area contributed by atoms with E-state index in [4.69, 9.17) is 5.11 Å². The van der Waals surface area contributed by atoms with Crippen molar-refractivity contribution in [3.05, 3.63) is 30.1 Å². The molecule has 0 saturated carbocycles. The van der Waals surface area contributed by atoms with Crippen molar-refractivity contribution >= 4 is 22.1 Å². The molecular weight excluding hydrogens is 244 g/mol. The second-order valence-corrected chi connectivity index (χ2v) is 5.56. The van der Waals surface area contributed by atoms with E-state index in [2.05, 4.69) is 4.98 Å². The highest BCUT2D eigenvalue weighted by Crippen LogP contribution is 2.13. The smallest absolute Gasteiger partial charge is 0.328 e. The second kappa shape index (κ2) is 5.07. The quantitative estimate of drug-likeness (QED) is 0.789. The minimum atomic E-state index is -3.55. The Balaban J connectivity index is 3.15. The fraction of sp³-hybridized carbons (Fsp3) is 0.200. The third kappa shape index (κ3) is 3.36. The lowest BCUT2D eigenvalue weighted by molar-refractivity contribution is -0.131. The van der Waals surface area contributed by atoms with Crippen LogP contribution < -0.4 is 0 Å². The van der Waals surface area contributed by atoms with Gasteiger partial charge >= 0.3 is 5.97 Å². The molecule has 17 heavy (non-hydrogen) atoms. The molecule has 0 spiro atoms. The summed E-state index contributed by atoms with van der Waals surface area (Å²) in [7, 11) is -0.725. The Morgan fingerprint density at radius 3 is 2.59 bits per heavy atom. The molecule has 0 aliphatic heterocycles. The topological polar surface area (TPSA) is 87.6 Å². The van der Waals surface area contributed by atoms with Gasteiger partial charge in [-0.3, -0.25) is 4.98 Å². The van der Waals surface area contributed by atoms with E-state index in [1.165, 1.54) is 38.6 Å². The van der Waals surface area contributed by atoms with Crippen molar-refractivity contribution in [3.8, 4) is 0 Å². The number of nitrogens with zero attached hydrogens (tertiary/aromatic N) is 2. The number of carboxylic acids is 1. The third-order valence-corrected chi connectivity index (χ3v) is 3.71. The van der Waals surface area contributed by atoms with Gasteiger partial charge in [0.1, 0.15) is 4.90 Å². The predicted molar refractivity (Wildman–Crippen MR) is 61.8 cm³/mol. The summed E-state index contributed by atoms with van der Waals surface area (Å²) in [5, 5.41) is 8.46. The number of aliphatic carboxylic acids is 1. The molecular formula is C10H12N2O4S. The van der Waals surface area contributed by atoms with E-state index in [0.717, 1.165) is 10.4 Å². The number of rotatable bonds is 4. The predicted octanol–water partition coefficient (Wildman–Crippen LogP) is 0.430. The maximum atomic E-state index is 11.8. The number of hydrogen-bond acceptors (Lipinski definition) is 4. The summed E-state index contributed by atoms with van der Waals surface area (Å²) in [5.41, 5.74) is 0.412. The Morgan fingerprint density at radius 2 is 2.06 bits per heavy atom. The van der Waals surface area contributed by atoms with Gasteiger partial charge in [-0.1, -0.05) is 0 Å². The van der Waals surface area contributed by atoms with Crippen molar-refractivity contribution < 1.29 is 18.3 Å². The average Bonchev–Trinajstić information content (AvgIpc) is 2.26. The van der Waals surface area contributed by atoms with Crippen LogP contribution in [-0.2, 0) is 14.8 Å². The van der Waals surface area contributed by atoms with Gasteiger partial charge in [-0.05, 0) is 17.7 Å². The molecule has 1 aromatic rings. The van der Waals surface area contributed by atoms with Gasteiger partial charge in [-0.15, -0.1) is 0 Å². The van der Waals surface area contributed by atoms with Crippen LogP contribution in [0, 0.1) is 0 Å². The van der Waals surface area contributed by atoms with Gasteiger partial charge in [0.05, 0.1) is 0 Å². The highest BCUT2D eigenvalue weighted by Gasteiger charge is 2.17. The van der Waals surface area contributed by atoms with Gasteiger partial charge in [0.15, 0.2) is 0 Å². The van der Waals surface area contributed by atoms with E-state index < -0.39 is 16.0 Å². The van der Waals surface area contributed by atoms with E-state index >= 15 is 0 Å². The van der Waals surface area contributed by atoms with Gasteiger partial charge < -0.3 is 5.11 Å². The lowest BCUT2D eigenvalue weighted by atomic mass is 10.2. The van der Waals surface area contributed by atoms with E-state index in [1.54, 1.807) is 0 Å². The summed E-state index contributed by atoms with van der Waals surface area (Å²) < 4.78 is 24.6. The largest absolute Gasteiger partial charge is 0.478 e. The maximum absolute atomic E-state index is 11.8. The maximum Gasteiger partial charge on any atom is 0.328 e. The molecule has 0 amide bonds. The van der Waals surface area contributed by atoms with Gasteiger partial charge in [-0.2, -0.15) is 0 Å². The molecule has 0 unspecified atom stereocenters. The van der Waals surface area contributed by atoms with Crippen LogP contribution in [0.5, 0.6) is 0 Å². The first-order valence-corrected chi connectivity index (χ1v) is 6.06. The molecule has 1 aromatic heterocycles. The Labute approximate surface area is 99.3 Å². The van der Waals surface area contributed by atoms with Crippen molar-refractivity contribution in [3.63, 3.8) is 0 Å². The van der Waals surface area contributed by atoms with Crippen LogP contribution in [-0.4, -0.2) is 42.9 Å². The highest BCUT2D eigenvalue weighted by molar-refractivity contribution is 7.89. The molecule has 0 aromatic carbocycles.